The van der Waals surface area contributed by atoms with E-state index in [1.54, 1.807) is 18.3 Å². The highest BCUT2D eigenvalue weighted by Gasteiger charge is 2.46. The Morgan fingerprint density at radius 1 is 0.931 bits per heavy atom. The molecule has 0 fully saturated rings. The van der Waals surface area contributed by atoms with Crippen LogP contribution in [0.15, 0.2) is 89.1 Å². The van der Waals surface area contributed by atoms with E-state index in [0.717, 1.165) is 11.1 Å². The molecule has 3 aromatic rings. The predicted molar refractivity (Wildman–Crippen MR) is 115 cm³/mol. The van der Waals surface area contributed by atoms with E-state index < -0.39 is 5.92 Å². The normalized spacial score (nSPS) is 20.9. The maximum atomic E-state index is 13.7. The standard InChI is InChI=1S/C25H22O3S/c1-2-28-25(27)21-15-20(19-13-14-29-16-19)23(22(21)17-9-5-3-6-10-17)24(26)18-11-7-4-8-12-18/h3-16,20,22-23H,2H2,1H3/t20-,22-,23-/m0/s1. The van der Waals surface area contributed by atoms with Gasteiger partial charge in [-0.15, -0.1) is 0 Å². The lowest BCUT2D eigenvalue weighted by molar-refractivity contribution is -0.138. The van der Waals surface area contributed by atoms with Gasteiger partial charge in [0.25, 0.3) is 0 Å². The number of hydrogen-bond donors (Lipinski definition) is 0. The van der Waals surface area contributed by atoms with E-state index in [0.29, 0.717) is 17.7 Å². The Hall–Kier alpha value is -2.98. The minimum Gasteiger partial charge on any atom is -0.463 e. The molecule has 1 aromatic heterocycles. The average Bonchev–Trinajstić information content (AvgIpc) is 3.42. The summed E-state index contributed by atoms with van der Waals surface area (Å²) >= 11 is 1.60. The summed E-state index contributed by atoms with van der Waals surface area (Å²) in [6.45, 7) is 2.10. The first kappa shape index (κ1) is 19.3. The predicted octanol–water partition coefficient (Wildman–Crippen LogP) is 5.62. The third-order valence-corrected chi connectivity index (χ3v) is 6.10. The van der Waals surface area contributed by atoms with Gasteiger partial charge in [-0.3, -0.25) is 4.79 Å². The van der Waals surface area contributed by atoms with Crippen molar-refractivity contribution in [3.63, 3.8) is 0 Å². The van der Waals surface area contributed by atoms with Gasteiger partial charge in [0.2, 0.25) is 0 Å². The highest BCUT2D eigenvalue weighted by Crippen LogP contribution is 2.50. The van der Waals surface area contributed by atoms with E-state index in [1.807, 2.05) is 78.2 Å². The molecule has 146 valence electrons. The number of ketones is 1. The Bertz CT molecular complexity index is 1010. The van der Waals surface area contributed by atoms with Crippen molar-refractivity contribution in [2.75, 3.05) is 6.61 Å². The molecule has 0 saturated heterocycles. The molecular weight excluding hydrogens is 380 g/mol. The number of carbonyl (C=O) groups is 2. The Labute approximate surface area is 174 Å². The van der Waals surface area contributed by atoms with Crippen molar-refractivity contribution in [3.05, 3.63) is 106 Å². The SMILES string of the molecule is CCOC(=O)C1=C[C@@H](c2ccsc2)[C@H](C(=O)c2ccccc2)[C@H]1c1ccccc1. The summed E-state index contributed by atoms with van der Waals surface area (Å²) in [6, 6.07) is 21.2. The van der Waals surface area contributed by atoms with Gasteiger partial charge in [-0.1, -0.05) is 66.7 Å². The van der Waals surface area contributed by atoms with Crippen LogP contribution in [0.3, 0.4) is 0 Å². The van der Waals surface area contributed by atoms with Gasteiger partial charge < -0.3 is 4.74 Å². The average molecular weight is 403 g/mol. The summed E-state index contributed by atoms with van der Waals surface area (Å²) < 4.78 is 5.36. The third kappa shape index (κ3) is 3.81. The molecular formula is C25H22O3S. The number of ether oxygens (including phenoxy) is 1. The topological polar surface area (TPSA) is 43.4 Å². The molecule has 1 aliphatic rings. The van der Waals surface area contributed by atoms with E-state index in [-0.39, 0.29) is 23.6 Å². The number of hydrogen-bond acceptors (Lipinski definition) is 4. The first-order valence-electron chi connectivity index (χ1n) is 9.75. The summed E-state index contributed by atoms with van der Waals surface area (Å²) in [5.41, 5.74) is 3.25. The van der Waals surface area contributed by atoms with Gasteiger partial charge in [0.15, 0.2) is 5.78 Å². The quantitative estimate of drug-likeness (QED) is 0.397. The highest BCUT2D eigenvalue weighted by atomic mass is 32.1. The van der Waals surface area contributed by atoms with E-state index in [4.69, 9.17) is 4.74 Å². The smallest absolute Gasteiger partial charge is 0.334 e. The zero-order valence-corrected chi connectivity index (χ0v) is 17.0. The maximum Gasteiger partial charge on any atom is 0.334 e. The zero-order chi connectivity index (χ0) is 20.2. The second kappa shape index (κ2) is 8.58. The van der Waals surface area contributed by atoms with Crippen LogP contribution in [0.2, 0.25) is 0 Å². The number of allylic oxidation sites excluding steroid dienone is 1. The van der Waals surface area contributed by atoms with Gasteiger partial charge in [0, 0.05) is 28.9 Å². The molecule has 4 rings (SSSR count). The molecule has 29 heavy (non-hydrogen) atoms. The molecule has 0 amide bonds. The number of benzene rings is 2. The van der Waals surface area contributed by atoms with Crippen molar-refractivity contribution in [3.8, 4) is 0 Å². The molecule has 0 unspecified atom stereocenters. The molecule has 1 aliphatic carbocycles. The minimum atomic E-state index is -0.395. The first-order valence-corrected chi connectivity index (χ1v) is 10.7. The van der Waals surface area contributed by atoms with E-state index in [2.05, 4.69) is 5.38 Å². The molecule has 3 nitrogen and oxygen atoms in total. The van der Waals surface area contributed by atoms with Crippen LogP contribution >= 0.6 is 11.3 Å². The molecule has 0 radical (unpaired) electrons. The van der Waals surface area contributed by atoms with Crippen LogP contribution in [-0.4, -0.2) is 18.4 Å². The van der Waals surface area contributed by atoms with E-state index in [1.165, 1.54) is 0 Å². The van der Waals surface area contributed by atoms with Gasteiger partial charge in [-0.05, 0) is 34.9 Å². The Balaban J connectivity index is 1.85. The van der Waals surface area contributed by atoms with Gasteiger partial charge in [-0.2, -0.15) is 11.3 Å². The molecule has 0 aliphatic heterocycles. The number of carbonyl (C=O) groups excluding carboxylic acids is 2. The van der Waals surface area contributed by atoms with E-state index in [9.17, 15) is 9.59 Å². The summed E-state index contributed by atoms with van der Waals surface area (Å²) in [6.07, 6.45) is 1.95. The van der Waals surface area contributed by atoms with Crippen molar-refractivity contribution < 1.29 is 14.3 Å². The Morgan fingerprint density at radius 3 is 2.24 bits per heavy atom. The van der Waals surface area contributed by atoms with Crippen LogP contribution in [0.5, 0.6) is 0 Å². The van der Waals surface area contributed by atoms with Gasteiger partial charge in [0.1, 0.15) is 0 Å². The van der Waals surface area contributed by atoms with Crippen molar-refractivity contribution in [2.45, 2.75) is 18.8 Å². The second-order valence-corrected chi connectivity index (χ2v) is 7.85. The summed E-state index contributed by atoms with van der Waals surface area (Å²) in [7, 11) is 0. The van der Waals surface area contributed by atoms with E-state index >= 15 is 0 Å². The molecule has 3 atom stereocenters. The molecule has 2 aromatic carbocycles. The van der Waals surface area contributed by atoms with Gasteiger partial charge >= 0.3 is 5.97 Å². The first-order chi connectivity index (χ1) is 14.2. The van der Waals surface area contributed by atoms with Crippen LogP contribution in [-0.2, 0) is 9.53 Å². The van der Waals surface area contributed by atoms with Gasteiger partial charge in [-0.25, -0.2) is 4.79 Å². The largest absolute Gasteiger partial charge is 0.463 e. The monoisotopic (exact) mass is 402 g/mol. The van der Waals surface area contributed by atoms with Crippen LogP contribution in [0.4, 0.5) is 0 Å². The molecule has 0 bridgehead atoms. The number of rotatable bonds is 6. The lowest BCUT2D eigenvalue weighted by Gasteiger charge is -2.26. The van der Waals surface area contributed by atoms with Crippen molar-refractivity contribution in [1.82, 2.24) is 0 Å². The van der Waals surface area contributed by atoms with Gasteiger partial charge in [0.05, 0.1) is 6.61 Å². The van der Waals surface area contributed by atoms with Crippen molar-refractivity contribution in [1.29, 1.82) is 0 Å². The fourth-order valence-electron chi connectivity index (χ4n) is 4.14. The maximum absolute atomic E-state index is 13.7. The lowest BCUT2D eigenvalue weighted by Crippen LogP contribution is -2.26. The molecule has 4 heteroatoms. The van der Waals surface area contributed by atoms with Crippen molar-refractivity contribution in [2.24, 2.45) is 5.92 Å². The number of Topliss-reactive ketones (excluding diaryl/α,β-unsaturated/α-hetero) is 1. The second-order valence-electron chi connectivity index (χ2n) is 7.07. The highest BCUT2D eigenvalue weighted by molar-refractivity contribution is 7.08. The van der Waals surface area contributed by atoms with Crippen LogP contribution in [0.1, 0.15) is 40.2 Å². The van der Waals surface area contributed by atoms with Crippen LogP contribution in [0.25, 0.3) is 0 Å². The minimum absolute atomic E-state index is 0.0474. The molecule has 0 saturated carbocycles. The summed E-state index contributed by atoms with van der Waals surface area (Å²) in [5, 5.41) is 4.07. The summed E-state index contributed by atoms with van der Waals surface area (Å²) in [5.74, 6) is -1.20. The molecule has 0 N–H and O–H groups in total. The fraction of sp³-hybridized carbons (Fsp3) is 0.200. The molecule has 0 spiro atoms. The van der Waals surface area contributed by atoms with Crippen LogP contribution < -0.4 is 0 Å². The Kier molecular flexibility index (Phi) is 5.72. The fourth-order valence-corrected chi connectivity index (χ4v) is 4.84. The zero-order valence-electron chi connectivity index (χ0n) is 16.2. The Morgan fingerprint density at radius 2 is 1.62 bits per heavy atom. The third-order valence-electron chi connectivity index (χ3n) is 5.40. The molecule has 1 heterocycles. The van der Waals surface area contributed by atoms with Crippen LogP contribution in [0, 0.1) is 5.92 Å². The summed E-state index contributed by atoms with van der Waals surface area (Å²) in [4.78, 5) is 26.5. The lowest BCUT2D eigenvalue weighted by atomic mass is 9.75. The number of esters is 1. The van der Waals surface area contributed by atoms with Crippen molar-refractivity contribution >= 4 is 23.1 Å². The number of thiophene rings is 1.